The van der Waals surface area contributed by atoms with Gasteiger partial charge in [-0.2, -0.15) is 0 Å². The highest BCUT2D eigenvalue weighted by Gasteiger charge is 2.51. The molecular formula is C15H26F2NO5P. The molecule has 1 heterocycles. The quantitative estimate of drug-likeness (QED) is 0.701. The van der Waals surface area contributed by atoms with Crippen molar-refractivity contribution in [2.45, 2.75) is 51.6 Å². The average Bonchev–Trinajstić information content (AvgIpc) is 3.00. The van der Waals surface area contributed by atoms with Gasteiger partial charge in [-0.1, -0.05) is 0 Å². The molecule has 140 valence electrons. The van der Waals surface area contributed by atoms with Gasteiger partial charge in [-0.25, -0.2) is 13.3 Å². The van der Waals surface area contributed by atoms with E-state index in [1.807, 2.05) is 0 Å². The lowest BCUT2D eigenvalue weighted by Gasteiger charge is -2.25. The van der Waals surface area contributed by atoms with E-state index in [0.717, 1.165) is 0 Å². The number of carbonyl (C=O) groups is 1. The van der Waals surface area contributed by atoms with Crippen molar-refractivity contribution >= 4 is 13.6 Å². The fraction of sp³-hybridized carbons (Fsp3) is 0.933. The second-order valence-corrected chi connectivity index (χ2v) is 9.07. The van der Waals surface area contributed by atoms with Crippen molar-refractivity contribution in [1.29, 1.82) is 0 Å². The summed E-state index contributed by atoms with van der Waals surface area (Å²) in [6.07, 6.45) is -0.397. The van der Waals surface area contributed by atoms with Gasteiger partial charge in [0.2, 0.25) is 5.92 Å². The Labute approximate surface area is 140 Å². The number of phosphoric ester groups is 1. The van der Waals surface area contributed by atoms with E-state index in [2.05, 4.69) is 5.32 Å². The van der Waals surface area contributed by atoms with Crippen LogP contribution in [0, 0.1) is 17.8 Å². The Bertz CT molecular complexity index is 516. The zero-order chi connectivity index (χ0) is 18.2. The Morgan fingerprint density at radius 1 is 1.38 bits per heavy atom. The molecule has 1 aliphatic carbocycles. The Morgan fingerprint density at radius 2 is 2.04 bits per heavy atom. The molecule has 2 rings (SSSR count). The molecule has 1 saturated carbocycles. The summed E-state index contributed by atoms with van der Waals surface area (Å²) < 4.78 is 49.4. The first-order valence-corrected chi connectivity index (χ1v) is 9.68. The third kappa shape index (κ3) is 5.56. The van der Waals surface area contributed by atoms with Crippen LogP contribution in [-0.4, -0.2) is 41.9 Å². The normalized spacial score (nSPS) is 32.7. The summed E-state index contributed by atoms with van der Waals surface area (Å²) in [7, 11) is -4.36. The number of nitrogens with one attached hydrogen (secondary N) is 1. The van der Waals surface area contributed by atoms with Crippen molar-refractivity contribution in [3.63, 3.8) is 0 Å². The van der Waals surface area contributed by atoms with Crippen LogP contribution in [0.5, 0.6) is 0 Å². The second kappa shape index (κ2) is 7.08. The van der Waals surface area contributed by atoms with E-state index in [1.54, 1.807) is 20.8 Å². The van der Waals surface area contributed by atoms with Gasteiger partial charge in [0.1, 0.15) is 5.78 Å². The maximum Gasteiger partial charge on any atom is 0.472 e. The van der Waals surface area contributed by atoms with Gasteiger partial charge < -0.3 is 10.2 Å². The summed E-state index contributed by atoms with van der Waals surface area (Å²) in [6.45, 7) is 5.56. The van der Waals surface area contributed by atoms with Crippen LogP contribution in [0.15, 0.2) is 0 Å². The van der Waals surface area contributed by atoms with Crippen LogP contribution in [0.25, 0.3) is 0 Å². The molecule has 0 aromatic rings. The lowest BCUT2D eigenvalue weighted by Crippen LogP contribution is -2.30. The van der Waals surface area contributed by atoms with E-state index >= 15 is 0 Å². The lowest BCUT2D eigenvalue weighted by molar-refractivity contribution is -0.128. The predicted molar refractivity (Wildman–Crippen MR) is 83.8 cm³/mol. The molecule has 0 spiro atoms. The molecule has 2 fully saturated rings. The molecular weight excluding hydrogens is 343 g/mol. The van der Waals surface area contributed by atoms with Gasteiger partial charge in [0.05, 0.1) is 12.2 Å². The molecule has 2 N–H and O–H groups in total. The largest absolute Gasteiger partial charge is 0.472 e. The zero-order valence-corrected chi connectivity index (χ0v) is 15.2. The third-order valence-electron chi connectivity index (χ3n) is 4.32. The lowest BCUT2D eigenvalue weighted by atomic mass is 9.85. The highest BCUT2D eigenvalue weighted by molar-refractivity contribution is 7.47. The smallest absolute Gasteiger partial charge is 0.316 e. The molecule has 0 aromatic heterocycles. The number of Topliss-reactive ketones (excluding diaryl/α,β-unsaturated/α-hetero) is 1. The van der Waals surface area contributed by atoms with Gasteiger partial charge in [0.25, 0.3) is 0 Å². The Morgan fingerprint density at radius 3 is 2.58 bits per heavy atom. The van der Waals surface area contributed by atoms with Crippen molar-refractivity contribution in [3.05, 3.63) is 0 Å². The van der Waals surface area contributed by atoms with Gasteiger partial charge in [-0.3, -0.25) is 13.8 Å². The van der Waals surface area contributed by atoms with Crippen molar-refractivity contribution < 1.29 is 32.1 Å². The van der Waals surface area contributed by atoms with E-state index in [0.29, 0.717) is 19.5 Å². The number of phosphoric acid groups is 1. The van der Waals surface area contributed by atoms with E-state index < -0.39 is 50.6 Å². The summed E-state index contributed by atoms with van der Waals surface area (Å²) in [4.78, 5) is 22.2. The van der Waals surface area contributed by atoms with E-state index in [9.17, 15) is 23.0 Å². The average molecular weight is 369 g/mol. The molecule has 0 bridgehead atoms. The highest BCUT2D eigenvalue weighted by atomic mass is 31.2. The van der Waals surface area contributed by atoms with Gasteiger partial charge in [-0.05, 0) is 39.7 Å². The Balaban J connectivity index is 2.00. The first-order valence-electron chi connectivity index (χ1n) is 8.19. The minimum Gasteiger partial charge on any atom is -0.316 e. The maximum absolute atomic E-state index is 13.8. The van der Waals surface area contributed by atoms with E-state index in [-0.39, 0.29) is 11.7 Å². The summed E-state index contributed by atoms with van der Waals surface area (Å²) in [5, 5.41) is 3.05. The molecule has 1 aliphatic heterocycles. The number of hydrogen-bond acceptors (Lipinski definition) is 5. The number of ketones is 1. The predicted octanol–water partition coefficient (Wildman–Crippen LogP) is 2.76. The van der Waals surface area contributed by atoms with Crippen LogP contribution >= 0.6 is 7.82 Å². The molecule has 6 nitrogen and oxygen atoms in total. The number of alkyl halides is 2. The molecule has 2 aliphatic rings. The monoisotopic (exact) mass is 369 g/mol. The van der Waals surface area contributed by atoms with Crippen LogP contribution in [-0.2, 0) is 18.4 Å². The number of hydrogen-bond donors (Lipinski definition) is 2. The standard InChI is InChI=1S/C15H26F2NO5P/c1-14(2,3)23-24(20,21)22-9-11-6-15(16,17)7-12(11)13(19)10-4-5-18-8-10/h10-12,18H,4-9H2,1-3H3,(H,20,21)/t10-,11+,12?/m1/s1. The van der Waals surface area contributed by atoms with Crippen molar-refractivity contribution in [2.24, 2.45) is 17.8 Å². The summed E-state index contributed by atoms with van der Waals surface area (Å²) in [5.74, 6) is -5.05. The van der Waals surface area contributed by atoms with Gasteiger partial charge >= 0.3 is 7.82 Å². The second-order valence-electron chi connectivity index (χ2n) is 7.69. The van der Waals surface area contributed by atoms with E-state index in [1.165, 1.54) is 0 Å². The summed E-state index contributed by atoms with van der Waals surface area (Å²) in [6, 6.07) is 0. The Hall–Kier alpha value is -0.400. The summed E-state index contributed by atoms with van der Waals surface area (Å²) >= 11 is 0. The first-order chi connectivity index (χ1) is 10.9. The van der Waals surface area contributed by atoms with Crippen LogP contribution < -0.4 is 5.32 Å². The molecule has 24 heavy (non-hydrogen) atoms. The van der Waals surface area contributed by atoms with Crippen molar-refractivity contribution in [1.82, 2.24) is 5.32 Å². The molecule has 0 radical (unpaired) electrons. The van der Waals surface area contributed by atoms with Crippen molar-refractivity contribution in [2.75, 3.05) is 19.7 Å². The van der Waals surface area contributed by atoms with Crippen LogP contribution in [0.1, 0.15) is 40.0 Å². The molecule has 4 atom stereocenters. The number of carbonyl (C=O) groups excluding carboxylic acids is 1. The molecule has 9 heteroatoms. The third-order valence-corrected chi connectivity index (χ3v) is 5.57. The molecule has 1 saturated heterocycles. The van der Waals surface area contributed by atoms with Crippen LogP contribution in [0.2, 0.25) is 0 Å². The molecule has 0 amide bonds. The number of halogens is 2. The van der Waals surface area contributed by atoms with Crippen LogP contribution in [0.3, 0.4) is 0 Å². The fourth-order valence-electron chi connectivity index (χ4n) is 3.37. The topological polar surface area (TPSA) is 84.9 Å². The first kappa shape index (κ1) is 19.9. The fourth-order valence-corrected chi connectivity index (χ4v) is 4.49. The minimum absolute atomic E-state index is 0.199. The van der Waals surface area contributed by atoms with Gasteiger partial charge in [0.15, 0.2) is 0 Å². The molecule has 0 aromatic carbocycles. The summed E-state index contributed by atoms with van der Waals surface area (Å²) in [5.41, 5.74) is -0.908. The minimum atomic E-state index is -4.36. The highest BCUT2D eigenvalue weighted by Crippen LogP contribution is 2.51. The zero-order valence-electron chi connectivity index (χ0n) is 14.3. The van der Waals surface area contributed by atoms with E-state index in [4.69, 9.17) is 9.05 Å². The van der Waals surface area contributed by atoms with Gasteiger partial charge in [0, 0.05) is 31.2 Å². The molecule has 2 unspecified atom stereocenters. The Kier molecular flexibility index (Phi) is 5.87. The van der Waals surface area contributed by atoms with Crippen LogP contribution in [0.4, 0.5) is 8.78 Å². The maximum atomic E-state index is 13.8. The van der Waals surface area contributed by atoms with Crippen molar-refractivity contribution in [3.8, 4) is 0 Å². The number of rotatable bonds is 6. The SMILES string of the molecule is CC(C)(C)OP(=O)(O)OC[C@@H]1CC(F)(F)CC1C(=O)[C@@H]1CCNC1. The van der Waals surface area contributed by atoms with Gasteiger partial charge in [-0.15, -0.1) is 0 Å².